The van der Waals surface area contributed by atoms with Gasteiger partial charge in [0.25, 0.3) is 11.8 Å². The highest BCUT2D eigenvalue weighted by Gasteiger charge is 2.17. The summed E-state index contributed by atoms with van der Waals surface area (Å²) in [5, 5.41) is 11.3. The molecule has 4 aromatic rings. The number of nitrogens with zero attached hydrogens (tertiary/aromatic N) is 2. The fourth-order valence-electron chi connectivity index (χ4n) is 2.61. The largest absolute Gasteiger partial charge is 0.493 e. The van der Waals surface area contributed by atoms with Gasteiger partial charge in [-0.15, -0.1) is 16.9 Å². The molecule has 0 saturated heterocycles. The SMILES string of the molecule is COc1cccc2cc(-c3nnc(NC(=O)c4cccc(SC)c4)o3)oc12. The molecule has 0 saturated carbocycles. The maximum Gasteiger partial charge on any atom is 0.322 e. The van der Waals surface area contributed by atoms with Crippen molar-refractivity contribution in [1.82, 2.24) is 10.2 Å². The lowest BCUT2D eigenvalue weighted by Gasteiger charge is -2.02. The van der Waals surface area contributed by atoms with Gasteiger partial charge in [-0.25, -0.2) is 0 Å². The summed E-state index contributed by atoms with van der Waals surface area (Å²) in [5.74, 6) is 0.848. The van der Waals surface area contributed by atoms with Gasteiger partial charge >= 0.3 is 6.01 Å². The van der Waals surface area contributed by atoms with Crippen LogP contribution in [0.2, 0.25) is 0 Å². The second kappa shape index (κ2) is 7.16. The molecule has 0 aliphatic rings. The summed E-state index contributed by atoms with van der Waals surface area (Å²) >= 11 is 1.56. The number of nitrogens with one attached hydrogen (secondary N) is 1. The first kappa shape index (κ1) is 17.2. The van der Waals surface area contributed by atoms with Gasteiger partial charge in [0.1, 0.15) is 0 Å². The molecular weight excluding hydrogens is 366 g/mol. The average Bonchev–Trinajstić information content (AvgIpc) is 3.34. The van der Waals surface area contributed by atoms with Crippen LogP contribution in [0.4, 0.5) is 6.01 Å². The minimum atomic E-state index is -0.327. The van der Waals surface area contributed by atoms with Gasteiger partial charge < -0.3 is 13.6 Å². The molecule has 0 atom stereocenters. The molecule has 0 spiro atoms. The monoisotopic (exact) mass is 381 g/mol. The van der Waals surface area contributed by atoms with Crippen LogP contribution in [0.3, 0.4) is 0 Å². The van der Waals surface area contributed by atoms with E-state index in [-0.39, 0.29) is 17.8 Å². The Morgan fingerprint density at radius 3 is 2.78 bits per heavy atom. The molecule has 27 heavy (non-hydrogen) atoms. The van der Waals surface area contributed by atoms with Crippen molar-refractivity contribution in [3.8, 4) is 17.4 Å². The van der Waals surface area contributed by atoms with Crippen molar-refractivity contribution in [2.24, 2.45) is 0 Å². The first-order valence-electron chi connectivity index (χ1n) is 8.04. The highest BCUT2D eigenvalue weighted by atomic mass is 32.2. The Morgan fingerprint density at radius 1 is 1.11 bits per heavy atom. The van der Waals surface area contributed by atoms with Gasteiger partial charge in [0.2, 0.25) is 0 Å². The number of thioether (sulfide) groups is 1. The van der Waals surface area contributed by atoms with Gasteiger partial charge in [0.05, 0.1) is 7.11 Å². The molecule has 0 unspecified atom stereocenters. The van der Waals surface area contributed by atoms with Crippen LogP contribution in [0.5, 0.6) is 5.75 Å². The fourth-order valence-corrected chi connectivity index (χ4v) is 3.07. The molecule has 0 fully saturated rings. The summed E-state index contributed by atoms with van der Waals surface area (Å²) in [6.45, 7) is 0. The first-order chi connectivity index (χ1) is 13.2. The van der Waals surface area contributed by atoms with E-state index >= 15 is 0 Å². The Labute approximate surface area is 158 Å². The van der Waals surface area contributed by atoms with Gasteiger partial charge in [-0.05, 0) is 36.6 Å². The number of benzene rings is 2. The average molecular weight is 381 g/mol. The molecule has 8 heteroatoms. The van der Waals surface area contributed by atoms with Crippen LogP contribution in [-0.4, -0.2) is 29.5 Å². The second-order valence-electron chi connectivity index (χ2n) is 5.59. The van der Waals surface area contributed by atoms with E-state index in [0.717, 1.165) is 10.3 Å². The lowest BCUT2D eigenvalue weighted by molar-refractivity contribution is 0.102. The molecule has 136 valence electrons. The second-order valence-corrected chi connectivity index (χ2v) is 6.47. The number of carbonyl (C=O) groups excluding carboxylic acids is 1. The number of para-hydroxylation sites is 1. The molecule has 2 heterocycles. The number of ether oxygens (including phenoxy) is 1. The molecule has 0 aliphatic heterocycles. The normalized spacial score (nSPS) is 10.9. The van der Waals surface area contributed by atoms with Crippen molar-refractivity contribution in [3.05, 3.63) is 54.1 Å². The number of rotatable bonds is 5. The molecule has 0 bridgehead atoms. The third kappa shape index (κ3) is 3.39. The van der Waals surface area contributed by atoms with Gasteiger partial charge in [0, 0.05) is 15.8 Å². The fraction of sp³-hybridized carbons (Fsp3) is 0.105. The maximum absolute atomic E-state index is 12.4. The van der Waals surface area contributed by atoms with Gasteiger partial charge in [0.15, 0.2) is 17.1 Å². The van der Waals surface area contributed by atoms with Crippen LogP contribution < -0.4 is 10.1 Å². The molecule has 0 radical (unpaired) electrons. The molecule has 1 N–H and O–H groups in total. The maximum atomic E-state index is 12.4. The quantitative estimate of drug-likeness (QED) is 0.510. The number of furan rings is 1. The Hall–Kier alpha value is -3.26. The number of anilines is 1. The van der Waals surface area contributed by atoms with Crippen LogP contribution in [0, 0.1) is 0 Å². The van der Waals surface area contributed by atoms with Crippen molar-refractivity contribution in [3.63, 3.8) is 0 Å². The van der Waals surface area contributed by atoms with Crippen LogP contribution in [0.15, 0.2) is 62.3 Å². The summed E-state index contributed by atoms with van der Waals surface area (Å²) in [6, 6.07) is 14.6. The van der Waals surface area contributed by atoms with Crippen LogP contribution in [0.1, 0.15) is 10.4 Å². The van der Waals surface area contributed by atoms with Crippen molar-refractivity contribution in [1.29, 1.82) is 0 Å². The zero-order valence-corrected chi connectivity index (χ0v) is 15.4. The number of fused-ring (bicyclic) bond motifs is 1. The number of methoxy groups -OCH3 is 1. The predicted octanol–water partition coefficient (Wildman–Crippen LogP) is 4.47. The third-order valence-corrected chi connectivity index (χ3v) is 4.64. The van der Waals surface area contributed by atoms with Crippen LogP contribution >= 0.6 is 11.8 Å². The zero-order chi connectivity index (χ0) is 18.8. The van der Waals surface area contributed by atoms with E-state index in [1.807, 2.05) is 30.5 Å². The van der Waals surface area contributed by atoms with Gasteiger partial charge in [-0.2, -0.15) is 0 Å². The highest BCUT2D eigenvalue weighted by molar-refractivity contribution is 7.98. The zero-order valence-electron chi connectivity index (χ0n) is 14.6. The van der Waals surface area contributed by atoms with E-state index in [1.165, 1.54) is 0 Å². The molecule has 1 amide bonds. The number of carbonyl (C=O) groups is 1. The lowest BCUT2D eigenvalue weighted by Crippen LogP contribution is -2.12. The Balaban J connectivity index is 1.57. The standard InChI is InChI=1S/C19H15N3O4S/c1-24-14-8-4-5-11-10-15(25-16(11)14)18-21-22-19(26-18)20-17(23)12-6-3-7-13(9-12)27-2/h3-10H,1-2H3,(H,20,22,23). The Morgan fingerprint density at radius 2 is 1.96 bits per heavy atom. The molecule has 0 aliphatic carbocycles. The van der Waals surface area contributed by atoms with Crippen LogP contribution in [0.25, 0.3) is 22.6 Å². The molecule has 2 aromatic heterocycles. The lowest BCUT2D eigenvalue weighted by atomic mass is 10.2. The molecule has 4 rings (SSSR count). The third-order valence-electron chi connectivity index (χ3n) is 3.92. The number of hydrogen-bond acceptors (Lipinski definition) is 7. The van der Waals surface area contributed by atoms with Crippen molar-refractivity contribution in [2.45, 2.75) is 4.90 Å². The molecule has 2 aromatic carbocycles. The summed E-state index contributed by atoms with van der Waals surface area (Å²) in [5.41, 5.74) is 1.10. The summed E-state index contributed by atoms with van der Waals surface area (Å²) in [7, 11) is 1.57. The highest BCUT2D eigenvalue weighted by Crippen LogP contribution is 2.33. The Kier molecular flexibility index (Phi) is 4.55. The minimum absolute atomic E-state index is 0.00280. The van der Waals surface area contributed by atoms with Crippen molar-refractivity contribution < 1.29 is 18.4 Å². The van der Waals surface area contributed by atoms with Crippen molar-refractivity contribution >= 4 is 34.7 Å². The van der Waals surface area contributed by atoms with Crippen LogP contribution in [-0.2, 0) is 0 Å². The van der Waals surface area contributed by atoms with Gasteiger partial charge in [-0.3, -0.25) is 10.1 Å². The van der Waals surface area contributed by atoms with Crippen molar-refractivity contribution in [2.75, 3.05) is 18.7 Å². The number of amides is 1. The van der Waals surface area contributed by atoms with E-state index < -0.39 is 0 Å². The van der Waals surface area contributed by atoms with Gasteiger partial charge in [-0.1, -0.05) is 23.3 Å². The number of aromatic nitrogens is 2. The minimum Gasteiger partial charge on any atom is -0.493 e. The summed E-state index contributed by atoms with van der Waals surface area (Å²) in [4.78, 5) is 13.4. The van der Waals surface area contributed by atoms with E-state index in [4.69, 9.17) is 13.6 Å². The number of hydrogen-bond donors (Lipinski definition) is 1. The summed E-state index contributed by atoms with van der Waals surface area (Å²) < 4.78 is 16.6. The molecular formula is C19H15N3O4S. The molecule has 7 nitrogen and oxygen atoms in total. The van der Waals surface area contributed by atoms with E-state index in [9.17, 15) is 4.79 Å². The topological polar surface area (TPSA) is 90.4 Å². The smallest absolute Gasteiger partial charge is 0.322 e. The van der Waals surface area contributed by atoms with E-state index in [2.05, 4.69) is 15.5 Å². The summed E-state index contributed by atoms with van der Waals surface area (Å²) in [6.07, 6.45) is 1.95. The predicted molar refractivity (Wildman–Crippen MR) is 102 cm³/mol. The van der Waals surface area contributed by atoms with E-state index in [1.54, 1.807) is 43.1 Å². The van der Waals surface area contributed by atoms with E-state index in [0.29, 0.717) is 22.7 Å². The Bertz CT molecular complexity index is 1120. The first-order valence-corrected chi connectivity index (χ1v) is 9.26.